The molecule has 24 heavy (non-hydrogen) atoms. The first-order valence-electron chi connectivity index (χ1n) is 7.23. The topological polar surface area (TPSA) is 92.3 Å². The Morgan fingerprint density at radius 2 is 2.00 bits per heavy atom. The van der Waals surface area contributed by atoms with E-state index in [1.54, 1.807) is 29.1 Å². The average molecular weight is 324 g/mol. The van der Waals surface area contributed by atoms with E-state index in [1.165, 1.54) is 6.07 Å². The maximum Gasteiger partial charge on any atom is 0.278 e. The Labute approximate surface area is 136 Å². The van der Waals surface area contributed by atoms with E-state index in [1.807, 2.05) is 18.2 Å². The average Bonchev–Trinajstić information content (AvgIpc) is 3.23. The SMILES string of the molecule is O=[N+]([O-])c1ccccc1-c1cn(Cc2ccc3c(c2)OCO3)nn1. The highest BCUT2D eigenvalue weighted by atomic mass is 16.7. The van der Waals surface area contributed by atoms with E-state index in [-0.39, 0.29) is 12.5 Å². The second-order valence-electron chi connectivity index (χ2n) is 5.26. The lowest BCUT2D eigenvalue weighted by Crippen LogP contribution is -2.00. The number of nitro groups is 1. The van der Waals surface area contributed by atoms with Gasteiger partial charge in [0.15, 0.2) is 11.5 Å². The van der Waals surface area contributed by atoms with E-state index in [9.17, 15) is 10.1 Å². The Balaban J connectivity index is 1.61. The maximum atomic E-state index is 11.1. The van der Waals surface area contributed by atoms with Gasteiger partial charge in [-0.25, -0.2) is 4.68 Å². The van der Waals surface area contributed by atoms with Gasteiger partial charge in [0.2, 0.25) is 6.79 Å². The van der Waals surface area contributed by atoms with Crippen LogP contribution >= 0.6 is 0 Å². The van der Waals surface area contributed by atoms with Crippen molar-refractivity contribution in [1.82, 2.24) is 15.0 Å². The molecule has 0 atom stereocenters. The molecule has 1 aliphatic heterocycles. The Morgan fingerprint density at radius 1 is 1.17 bits per heavy atom. The third-order valence-electron chi connectivity index (χ3n) is 3.70. The second-order valence-corrected chi connectivity index (χ2v) is 5.26. The Bertz CT molecular complexity index is 922. The molecule has 0 bridgehead atoms. The Hall–Kier alpha value is -3.42. The van der Waals surface area contributed by atoms with Gasteiger partial charge in [-0.05, 0) is 23.8 Å². The number of fused-ring (bicyclic) bond motifs is 1. The van der Waals surface area contributed by atoms with Gasteiger partial charge in [0, 0.05) is 6.07 Å². The van der Waals surface area contributed by atoms with E-state index in [4.69, 9.17) is 9.47 Å². The molecular formula is C16H12N4O4. The molecule has 0 unspecified atom stereocenters. The molecule has 0 spiro atoms. The summed E-state index contributed by atoms with van der Waals surface area (Å²) in [5.74, 6) is 1.42. The standard InChI is InChI=1S/C16H12N4O4/c21-20(22)14-4-2-1-3-12(14)13-9-19(18-17-13)8-11-5-6-15-16(7-11)24-10-23-15/h1-7,9H,8,10H2. The van der Waals surface area contributed by atoms with Crippen molar-refractivity contribution in [2.24, 2.45) is 0 Å². The van der Waals surface area contributed by atoms with Gasteiger partial charge in [-0.15, -0.1) is 5.10 Å². The van der Waals surface area contributed by atoms with Crippen molar-refractivity contribution in [3.63, 3.8) is 0 Å². The molecule has 3 aromatic rings. The van der Waals surface area contributed by atoms with Crippen molar-refractivity contribution in [2.45, 2.75) is 6.54 Å². The quantitative estimate of drug-likeness (QED) is 0.541. The van der Waals surface area contributed by atoms with Crippen molar-refractivity contribution in [3.05, 3.63) is 64.3 Å². The van der Waals surface area contributed by atoms with E-state index < -0.39 is 4.92 Å². The van der Waals surface area contributed by atoms with Crippen LogP contribution in [0.5, 0.6) is 11.5 Å². The van der Waals surface area contributed by atoms with Crippen LogP contribution in [-0.2, 0) is 6.54 Å². The van der Waals surface area contributed by atoms with Crippen LogP contribution in [0.15, 0.2) is 48.7 Å². The summed E-state index contributed by atoms with van der Waals surface area (Å²) in [7, 11) is 0. The fourth-order valence-electron chi connectivity index (χ4n) is 2.57. The van der Waals surface area contributed by atoms with Crippen LogP contribution in [0.2, 0.25) is 0 Å². The molecule has 0 N–H and O–H groups in total. The zero-order valence-electron chi connectivity index (χ0n) is 12.5. The molecule has 8 heteroatoms. The molecule has 1 aromatic heterocycles. The molecule has 0 saturated carbocycles. The number of benzene rings is 2. The normalized spacial score (nSPS) is 12.3. The van der Waals surface area contributed by atoms with E-state index in [0.717, 1.165) is 11.3 Å². The number of hydrogen-bond acceptors (Lipinski definition) is 6. The molecule has 2 heterocycles. The zero-order chi connectivity index (χ0) is 16.5. The molecular weight excluding hydrogens is 312 g/mol. The highest BCUT2D eigenvalue weighted by molar-refractivity contribution is 5.69. The van der Waals surface area contributed by atoms with Gasteiger partial charge in [0.1, 0.15) is 5.69 Å². The fraction of sp³-hybridized carbons (Fsp3) is 0.125. The summed E-state index contributed by atoms with van der Waals surface area (Å²) in [5, 5.41) is 19.2. The van der Waals surface area contributed by atoms with Gasteiger partial charge in [-0.3, -0.25) is 10.1 Å². The smallest absolute Gasteiger partial charge is 0.278 e. The molecule has 0 radical (unpaired) electrons. The van der Waals surface area contributed by atoms with Gasteiger partial charge in [0.05, 0.1) is 23.2 Å². The molecule has 0 amide bonds. The predicted molar refractivity (Wildman–Crippen MR) is 83.8 cm³/mol. The van der Waals surface area contributed by atoms with Crippen LogP contribution in [0, 0.1) is 10.1 Å². The molecule has 0 saturated heterocycles. The third kappa shape index (κ3) is 2.54. The summed E-state index contributed by atoms with van der Waals surface area (Å²) < 4.78 is 12.3. The summed E-state index contributed by atoms with van der Waals surface area (Å²) in [6.45, 7) is 0.703. The summed E-state index contributed by atoms with van der Waals surface area (Å²) in [6, 6.07) is 12.1. The lowest BCUT2D eigenvalue weighted by molar-refractivity contribution is -0.384. The number of nitro benzene ring substituents is 1. The first-order valence-corrected chi connectivity index (χ1v) is 7.23. The molecule has 1 aliphatic rings. The van der Waals surface area contributed by atoms with E-state index >= 15 is 0 Å². The Kier molecular flexibility index (Phi) is 3.34. The van der Waals surface area contributed by atoms with Gasteiger partial charge >= 0.3 is 0 Å². The highest BCUT2D eigenvalue weighted by Gasteiger charge is 2.17. The van der Waals surface area contributed by atoms with Gasteiger partial charge < -0.3 is 9.47 Å². The minimum atomic E-state index is -0.424. The number of ether oxygens (including phenoxy) is 2. The highest BCUT2D eigenvalue weighted by Crippen LogP contribution is 2.33. The largest absolute Gasteiger partial charge is 0.454 e. The number of aromatic nitrogens is 3. The molecule has 2 aromatic carbocycles. The van der Waals surface area contributed by atoms with E-state index in [0.29, 0.717) is 23.6 Å². The minimum absolute atomic E-state index is 0.00706. The molecule has 8 nitrogen and oxygen atoms in total. The summed E-state index contributed by atoms with van der Waals surface area (Å²) in [4.78, 5) is 10.7. The third-order valence-corrected chi connectivity index (χ3v) is 3.70. The fourth-order valence-corrected chi connectivity index (χ4v) is 2.57. The van der Waals surface area contributed by atoms with Crippen LogP contribution in [0.25, 0.3) is 11.3 Å². The van der Waals surface area contributed by atoms with Crippen molar-refractivity contribution < 1.29 is 14.4 Å². The zero-order valence-corrected chi connectivity index (χ0v) is 12.5. The summed E-state index contributed by atoms with van der Waals surface area (Å²) in [5.41, 5.74) is 1.88. The molecule has 0 aliphatic carbocycles. The first kappa shape index (κ1) is 14.2. The first-order chi connectivity index (χ1) is 11.7. The van der Waals surface area contributed by atoms with E-state index in [2.05, 4.69) is 10.3 Å². The van der Waals surface area contributed by atoms with Crippen molar-refractivity contribution in [1.29, 1.82) is 0 Å². The Morgan fingerprint density at radius 3 is 2.88 bits per heavy atom. The predicted octanol–water partition coefficient (Wildman–Crippen LogP) is 2.63. The van der Waals surface area contributed by atoms with Crippen LogP contribution in [0.1, 0.15) is 5.56 Å². The van der Waals surface area contributed by atoms with Crippen molar-refractivity contribution in [2.75, 3.05) is 6.79 Å². The monoisotopic (exact) mass is 324 g/mol. The number of para-hydroxylation sites is 1. The summed E-state index contributed by atoms with van der Waals surface area (Å²) in [6.07, 6.45) is 1.69. The number of hydrogen-bond donors (Lipinski definition) is 0. The van der Waals surface area contributed by atoms with Crippen LogP contribution in [-0.4, -0.2) is 26.7 Å². The van der Waals surface area contributed by atoms with Crippen LogP contribution < -0.4 is 9.47 Å². The van der Waals surface area contributed by atoms with Crippen molar-refractivity contribution in [3.8, 4) is 22.8 Å². The summed E-state index contributed by atoms with van der Waals surface area (Å²) >= 11 is 0. The molecule has 120 valence electrons. The lowest BCUT2D eigenvalue weighted by atomic mass is 10.1. The van der Waals surface area contributed by atoms with Crippen LogP contribution in [0.4, 0.5) is 5.69 Å². The van der Waals surface area contributed by atoms with Gasteiger partial charge in [-0.1, -0.05) is 23.4 Å². The van der Waals surface area contributed by atoms with Crippen LogP contribution in [0.3, 0.4) is 0 Å². The van der Waals surface area contributed by atoms with Gasteiger partial charge in [0.25, 0.3) is 5.69 Å². The maximum absolute atomic E-state index is 11.1. The lowest BCUT2D eigenvalue weighted by Gasteiger charge is -2.02. The van der Waals surface area contributed by atoms with Crippen molar-refractivity contribution >= 4 is 5.69 Å². The molecule has 4 rings (SSSR count). The number of nitrogens with zero attached hydrogens (tertiary/aromatic N) is 4. The second kappa shape index (κ2) is 5.65. The number of rotatable bonds is 4. The van der Waals surface area contributed by atoms with Gasteiger partial charge in [-0.2, -0.15) is 0 Å². The minimum Gasteiger partial charge on any atom is -0.454 e. The molecule has 0 fully saturated rings.